The van der Waals surface area contributed by atoms with E-state index in [1.54, 1.807) is 0 Å². The number of hydrogen-bond donors (Lipinski definition) is 1. The maximum Gasteiger partial charge on any atom is 0.0670 e. The van der Waals surface area contributed by atoms with Crippen LogP contribution in [0.15, 0.2) is 18.2 Å². The van der Waals surface area contributed by atoms with E-state index in [-0.39, 0.29) is 0 Å². The lowest BCUT2D eigenvalue weighted by molar-refractivity contribution is 0.423. The van der Waals surface area contributed by atoms with E-state index in [1.165, 1.54) is 12.1 Å². The summed E-state index contributed by atoms with van der Waals surface area (Å²) < 4.78 is 0. The Morgan fingerprint density at radius 3 is 2.89 bits per heavy atom. The summed E-state index contributed by atoms with van der Waals surface area (Å²) in [6, 6.07) is 8.23. The Kier molecular flexibility index (Phi) is 3.76. The van der Waals surface area contributed by atoms with Crippen molar-refractivity contribution >= 4 is 11.4 Å². The van der Waals surface area contributed by atoms with Gasteiger partial charge in [-0.1, -0.05) is 13.8 Å². The molecule has 3 nitrogen and oxygen atoms in total. The van der Waals surface area contributed by atoms with Gasteiger partial charge in [0, 0.05) is 24.5 Å². The van der Waals surface area contributed by atoms with Crippen molar-refractivity contribution in [2.75, 3.05) is 23.7 Å². The molecule has 0 bridgehead atoms. The molecule has 1 aliphatic heterocycles. The molecule has 1 aliphatic rings. The van der Waals surface area contributed by atoms with Crippen molar-refractivity contribution in [3.63, 3.8) is 0 Å². The molecule has 96 valence electrons. The molecule has 1 saturated heterocycles. The summed E-state index contributed by atoms with van der Waals surface area (Å²) in [5.74, 6) is 1.52. The van der Waals surface area contributed by atoms with Crippen LogP contribution >= 0.6 is 0 Å². The molecule has 0 radical (unpaired) electrons. The number of nitrogens with zero attached hydrogens (tertiary/aromatic N) is 2. The molecule has 1 unspecified atom stereocenters. The standard InChI is InChI=1S/C15H21N3/c1-11(2)13-6-8-18(10-13)14-3-4-15(17)12(9-14)5-7-16/h3-4,9,11,13H,5-6,8,10,17H2,1-2H3. The smallest absolute Gasteiger partial charge is 0.0670 e. The zero-order valence-electron chi connectivity index (χ0n) is 11.2. The van der Waals surface area contributed by atoms with Gasteiger partial charge in [0.25, 0.3) is 0 Å². The largest absolute Gasteiger partial charge is 0.398 e. The second-order valence-electron chi connectivity index (χ2n) is 5.46. The average molecular weight is 243 g/mol. The SMILES string of the molecule is CC(C)C1CCN(c2ccc(N)c(CC#N)c2)C1. The van der Waals surface area contributed by atoms with Crippen LogP contribution in [0.1, 0.15) is 25.8 Å². The summed E-state index contributed by atoms with van der Waals surface area (Å²) in [6.45, 7) is 6.81. The zero-order chi connectivity index (χ0) is 13.1. The normalized spacial score (nSPS) is 19.2. The summed E-state index contributed by atoms with van der Waals surface area (Å²) in [6.07, 6.45) is 1.65. The molecule has 0 amide bonds. The van der Waals surface area contributed by atoms with Crippen LogP contribution in [0.4, 0.5) is 11.4 Å². The fraction of sp³-hybridized carbons (Fsp3) is 0.533. The van der Waals surface area contributed by atoms with E-state index >= 15 is 0 Å². The first kappa shape index (κ1) is 12.8. The molecule has 2 N–H and O–H groups in total. The molecule has 2 rings (SSSR count). The van der Waals surface area contributed by atoms with Gasteiger partial charge >= 0.3 is 0 Å². The third-order valence-corrected chi connectivity index (χ3v) is 3.93. The minimum atomic E-state index is 0.390. The molecule has 3 heteroatoms. The van der Waals surface area contributed by atoms with Gasteiger partial charge in [0.15, 0.2) is 0 Å². The Morgan fingerprint density at radius 2 is 2.28 bits per heavy atom. The van der Waals surface area contributed by atoms with Crippen LogP contribution in [0.3, 0.4) is 0 Å². The van der Waals surface area contributed by atoms with E-state index in [4.69, 9.17) is 11.0 Å². The molecule has 0 saturated carbocycles. The second kappa shape index (κ2) is 5.30. The van der Waals surface area contributed by atoms with E-state index in [0.29, 0.717) is 6.42 Å². The van der Waals surface area contributed by atoms with Gasteiger partial charge in [0.1, 0.15) is 0 Å². The first-order chi connectivity index (χ1) is 8.61. The average Bonchev–Trinajstić information content (AvgIpc) is 2.82. The van der Waals surface area contributed by atoms with Crippen molar-refractivity contribution in [2.45, 2.75) is 26.7 Å². The first-order valence-electron chi connectivity index (χ1n) is 6.62. The van der Waals surface area contributed by atoms with Crippen LogP contribution in [0.2, 0.25) is 0 Å². The van der Waals surface area contributed by atoms with Gasteiger partial charge in [0.05, 0.1) is 12.5 Å². The highest BCUT2D eigenvalue weighted by Gasteiger charge is 2.25. The first-order valence-corrected chi connectivity index (χ1v) is 6.62. The van der Waals surface area contributed by atoms with Gasteiger partial charge in [-0.05, 0) is 42.0 Å². The van der Waals surface area contributed by atoms with Crippen molar-refractivity contribution in [1.29, 1.82) is 5.26 Å². The number of nitrogens with two attached hydrogens (primary N) is 1. The van der Waals surface area contributed by atoms with Gasteiger partial charge in [0.2, 0.25) is 0 Å². The van der Waals surface area contributed by atoms with Crippen LogP contribution in [0.25, 0.3) is 0 Å². The Balaban J connectivity index is 2.15. The minimum absolute atomic E-state index is 0.390. The fourth-order valence-electron chi connectivity index (χ4n) is 2.59. The van der Waals surface area contributed by atoms with Crippen molar-refractivity contribution < 1.29 is 0 Å². The van der Waals surface area contributed by atoms with Gasteiger partial charge in [-0.15, -0.1) is 0 Å². The monoisotopic (exact) mass is 243 g/mol. The lowest BCUT2D eigenvalue weighted by atomic mass is 9.95. The molecule has 0 aliphatic carbocycles. The summed E-state index contributed by atoms with van der Waals surface area (Å²) in [4.78, 5) is 2.41. The number of nitriles is 1. The van der Waals surface area contributed by atoms with Gasteiger partial charge in [-0.3, -0.25) is 0 Å². The Hall–Kier alpha value is -1.69. The third-order valence-electron chi connectivity index (χ3n) is 3.93. The topological polar surface area (TPSA) is 53.0 Å². The lowest BCUT2D eigenvalue weighted by Crippen LogP contribution is -2.21. The maximum absolute atomic E-state index is 8.80. The molecular weight excluding hydrogens is 222 g/mol. The van der Waals surface area contributed by atoms with Crippen LogP contribution < -0.4 is 10.6 Å². The Labute approximate surface area is 109 Å². The summed E-state index contributed by atoms with van der Waals surface area (Å²) in [5, 5.41) is 8.80. The minimum Gasteiger partial charge on any atom is -0.398 e. The molecule has 18 heavy (non-hydrogen) atoms. The highest BCUT2D eigenvalue weighted by molar-refractivity contribution is 5.59. The van der Waals surface area contributed by atoms with Crippen LogP contribution in [-0.2, 0) is 6.42 Å². The van der Waals surface area contributed by atoms with Crippen molar-refractivity contribution in [2.24, 2.45) is 11.8 Å². The van der Waals surface area contributed by atoms with E-state index in [0.717, 1.165) is 36.2 Å². The molecule has 1 heterocycles. The van der Waals surface area contributed by atoms with E-state index < -0.39 is 0 Å². The van der Waals surface area contributed by atoms with E-state index in [9.17, 15) is 0 Å². The fourth-order valence-corrected chi connectivity index (χ4v) is 2.59. The predicted molar refractivity (Wildman–Crippen MR) is 75.3 cm³/mol. The summed E-state index contributed by atoms with van der Waals surface area (Å²) in [5.41, 5.74) is 8.76. The molecular formula is C15H21N3. The highest BCUT2D eigenvalue weighted by atomic mass is 15.1. The number of nitrogen functional groups attached to an aromatic ring is 1. The van der Waals surface area contributed by atoms with Gasteiger partial charge < -0.3 is 10.6 Å². The summed E-state index contributed by atoms with van der Waals surface area (Å²) >= 11 is 0. The summed E-state index contributed by atoms with van der Waals surface area (Å²) in [7, 11) is 0. The molecule has 1 atom stereocenters. The second-order valence-corrected chi connectivity index (χ2v) is 5.46. The molecule has 0 spiro atoms. The Morgan fingerprint density at radius 1 is 1.50 bits per heavy atom. The highest BCUT2D eigenvalue weighted by Crippen LogP contribution is 2.30. The quantitative estimate of drug-likeness (QED) is 0.830. The molecule has 1 fully saturated rings. The van der Waals surface area contributed by atoms with Crippen molar-refractivity contribution in [3.05, 3.63) is 23.8 Å². The molecule has 0 aromatic heterocycles. The Bertz CT molecular complexity index is 459. The number of hydrogen-bond acceptors (Lipinski definition) is 3. The lowest BCUT2D eigenvalue weighted by Gasteiger charge is -2.21. The van der Waals surface area contributed by atoms with E-state index in [1.807, 2.05) is 6.07 Å². The zero-order valence-corrected chi connectivity index (χ0v) is 11.2. The van der Waals surface area contributed by atoms with Crippen LogP contribution in [0.5, 0.6) is 0 Å². The third kappa shape index (κ3) is 2.59. The van der Waals surface area contributed by atoms with Crippen LogP contribution in [-0.4, -0.2) is 13.1 Å². The van der Waals surface area contributed by atoms with E-state index in [2.05, 4.69) is 36.9 Å². The number of rotatable bonds is 3. The van der Waals surface area contributed by atoms with Gasteiger partial charge in [-0.25, -0.2) is 0 Å². The maximum atomic E-state index is 8.80. The predicted octanol–water partition coefficient (Wildman–Crippen LogP) is 2.82. The number of benzene rings is 1. The van der Waals surface area contributed by atoms with Gasteiger partial charge in [-0.2, -0.15) is 5.26 Å². The molecule has 1 aromatic carbocycles. The number of anilines is 2. The van der Waals surface area contributed by atoms with Crippen LogP contribution in [0, 0.1) is 23.2 Å². The van der Waals surface area contributed by atoms with Crippen molar-refractivity contribution in [1.82, 2.24) is 0 Å². The van der Waals surface area contributed by atoms with Crippen molar-refractivity contribution in [3.8, 4) is 6.07 Å². The molecule has 1 aromatic rings.